The van der Waals surface area contributed by atoms with Gasteiger partial charge in [-0.2, -0.15) is 13.2 Å². The number of hydrogen-bond donors (Lipinski definition) is 2. The molecule has 22 heavy (non-hydrogen) atoms. The SMILES string of the molecule is O=C(N[C@H]1CC=CCC1)C(F)(F)F.O=C(O)[C@H]1CC=CCC1. The lowest BCUT2D eigenvalue weighted by Crippen LogP contribution is -2.43. The molecule has 1 amide bonds. The van der Waals surface area contributed by atoms with E-state index >= 15 is 0 Å². The molecule has 0 heterocycles. The minimum absolute atomic E-state index is 0.116. The summed E-state index contributed by atoms with van der Waals surface area (Å²) in [5.41, 5.74) is 0. The van der Waals surface area contributed by atoms with Crippen molar-refractivity contribution in [3.8, 4) is 0 Å². The number of aliphatic carboxylic acids is 1. The molecule has 2 atom stereocenters. The first kappa shape index (κ1) is 18.3. The molecule has 2 aliphatic carbocycles. The van der Waals surface area contributed by atoms with Crippen molar-refractivity contribution >= 4 is 11.9 Å². The second-order valence-electron chi connectivity index (χ2n) is 5.27. The van der Waals surface area contributed by atoms with Crippen molar-refractivity contribution in [2.45, 2.75) is 50.7 Å². The van der Waals surface area contributed by atoms with Gasteiger partial charge in [-0.05, 0) is 38.5 Å². The Balaban J connectivity index is 0.000000235. The molecule has 0 saturated carbocycles. The highest BCUT2D eigenvalue weighted by molar-refractivity contribution is 5.81. The fraction of sp³-hybridized carbons (Fsp3) is 0.600. The zero-order valence-electron chi connectivity index (χ0n) is 12.1. The lowest BCUT2D eigenvalue weighted by Gasteiger charge is -2.19. The van der Waals surface area contributed by atoms with Crippen LogP contribution in [-0.4, -0.2) is 29.2 Å². The van der Waals surface area contributed by atoms with Crippen LogP contribution in [0.5, 0.6) is 0 Å². The number of rotatable bonds is 2. The van der Waals surface area contributed by atoms with Crippen molar-refractivity contribution in [3.63, 3.8) is 0 Å². The normalized spacial score (nSPS) is 24.1. The highest BCUT2D eigenvalue weighted by Crippen LogP contribution is 2.18. The molecule has 0 aromatic rings. The maximum Gasteiger partial charge on any atom is 0.471 e. The first-order valence-electron chi connectivity index (χ1n) is 7.21. The summed E-state index contributed by atoms with van der Waals surface area (Å²) in [5, 5.41) is 10.4. The van der Waals surface area contributed by atoms with Crippen LogP contribution in [-0.2, 0) is 9.59 Å². The Morgan fingerprint density at radius 2 is 1.59 bits per heavy atom. The van der Waals surface area contributed by atoms with E-state index in [1.54, 1.807) is 6.08 Å². The predicted octanol–water partition coefficient (Wildman–Crippen LogP) is 3.20. The average Bonchev–Trinajstić information content (AvgIpc) is 2.49. The first-order valence-corrected chi connectivity index (χ1v) is 7.21. The molecule has 2 N–H and O–H groups in total. The van der Waals surface area contributed by atoms with E-state index in [4.69, 9.17) is 5.11 Å². The van der Waals surface area contributed by atoms with Crippen molar-refractivity contribution in [2.24, 2.45) is 5.92 Å². The molecule has 0 spiro atoms. The van der Waals surface area contributed by atoms with E-state index in [0.717, 1.165) is 25.7 Å². The van der Waals surface area contributed by atoms with Crippen molar-refractivity contribution in [2.75, 3.05) is 0 Å². The molecule has 2 aliphatic rings. The van der Waals surface area contributed by atoms with Gasteiger partial charge in [0.2, 0.25) is 0 Å². The van der Waals surface area contributed by atoms with Gasteiger partial charge in [0.25, 0.3) is 0 Å². The number of carboxylic acid groups (broad SMARTS) is 1. The van der Waals surface area contributed by atoms with Gasteiger partial charge in [-0.25, -0.2) is 0 Å². The van der Waals surface area contributed by atoms with E-state index in [2.05, 4.69) is 0 Å². The number of carbonyl (C=O) groups is 2. The van der Waals surface area contributed by atoms with Gasteiger partial charge in [0.1, 0.15) is 0 Å². The summed E-state index contributed by atoms with van der Waals surface area (Å²) in [5.74, 6) is -2.61. The van der Waals surface area contributed by atoms with E-state index in [9.17, 15) is 22.8 Å². The van der Waals surface area contributed by atoms with Gasteiger partial charge >= 0.3 is 18.1 Å². The van der Waals surface area contributed by atoms with Crippen LogP contribution in [0.1, 0.15) is 38.5 Å². The molecule has 0 saturated heterocycles. The van der Waals surface area contributed by atoms with E-state index < -0.39 is 18.1 Å². The van der Waals surface area contributed by atoms with Crippen LogP contribution in [0.3, 0.4) is 0 Å². The summed E-state index contributed by atoms with van der Waals surface area (Å²) >= 11 is 0. The largest absolute Gasteiger partial charge is 0.481 e. The topological polar surface area (TPSA) is 66.4 Å². The van der Waals surface area contributed by atoms with Gasteiger partial charge in [-0.15, -0.1) is 0 Å². The minimum atomic E-state index is -4.76. The number of allylic oxidation sites excluding steroid dienone is 3. The Morgan fingerprint density at radius 3 is 1.95 bits per heavy atom. The highest BCUT2D eigenvalue weighted by atomic mass is 19.4. The van der Waals surface area contributed by atoms with E-state index in [1.165, 1.54) is 0 Å². The second kappa shape index (κ2) is 8.60. The van der Waals surface area contributed by atoms with Crippen LogP contribution in [0.25, 0.3) is 0 Å². The van der Waals surface area contributed by atoms with Gasteiger partial charge < -0.3 is 10.4 Å². The summed E-state index contributed by atoms with van der Waals surface area (Å²) in [6.07, 6.45) is 7.16. The first-order chi connectivity index (χ1) is 10.3. The minimum Gasteiger partial charge on any atom is -0.481 e. The van der Waals surface area contributed by atoms with Crippen molar-refractivity contribution < 1.29 is 27.9 Å². The van der Waals surface area contributed by atoms with Crippen LogP contribution >= 0.6 is 0 Å². The molecule has 0 aliphatic heterocycles. The van der Waals surface area contributed by atoms with Crippen LogP contribution in [0, 0.1) is 5.92 Å². The second-order valence-corrected chi connectivity index (χ2v) is 5.27. The lowest BCUT2D eigenvalue weighted by atomic mass is 9.95. The zero-order valence-corrected chi connectivity index (χ0v) is 12.1. The van der Waals surface area contributed by atoms with Crippen molar-refractivity contribution in [1.29, 1.82) is 0 Å². The van der Waals surface area contributed by atoms with Crippen LogP contribution < -0.4 is 5.32 Å². The monoisotopic (exact) mass is 319 g/mol. The van der Waals surface area contributed by atoms with Crippen molar-refractivity contribution in [3.05, 3.63) is 24.3 Å². The quantitative estimate of drug-likeness (QED) is 0.768. The Hall–Kier alpha value is -1.79. The molecule has 2 rings (SSSR count). The third-order valence-electron chi connectivity index (χ3n) is 3.48. The molecule has 0 fully saturated rings. The van der Waals surface area contributed by atoms with Crippen LogP contribution in [0.2, 0.25) is 0 Å². The van der Waals surface area contributed by atoms with Crippen LogP contribution in [0.4, 0.5) is 13.2 Å². The number of carbonyl (C=O) groups excluding carboxylic acids is 1. The van der Waals surface area contributed by atoms with Crippen molar-refractivity contribution in [1.82, 2.24) is 5.32 Å². The molecular weight excluding hydrogens is 299 g/mol. The Morgan fingerprint density at radius 1 is 1.00 bits per heavy atom. The maximum absolute atomic E-state index is 11.8. The lowest BCUT2D eigenvalue weighted by molar-refractivity contribution is -0.174. The Kier molecular flexibility index (Phi) is 7.14. The fourth-order valence-corrected chi connectivity index (χ4v) is 2.21. The van der Waals surface area contributed by atoms with Crippen LogP contribution in [0.15, 0.2) is 24.3 Å². The molecule has 0 aromatic carbocycles. The molecular formula is C15H20F3NO3. The smallest absolute Gasteiger partial charge is 0.471 e. The molecule has 124 valence electrons. The average molecular weight is 319 g/mol. The summed E-state index contributed by atoms with van der Waals surface area (Å²) in [7, 11) is 0. The fourth-order valence-electron chi connectivity index (χ4n) is 2.21. The number of amides is 1. The van der Waals surface area contributed by atoms with Gasteiger partial charge in [-0.1, -0.05) is 24.3 Å². The summed E-state index contributed by atoms with van der Waals surface area (Å²) in [6.45, 7) is 0. The number of nitrogens with one attached hydrogen (secondary N) is 1. The number of hydrogen-bond acceptors (Lipinski definition) is 2. The Labute approximate surface area is 127 Å². The third-order valence-corrected chi connectivity index (χ3v) is 3.48. The Bertz CT molecular complexity index is 444. The van der Waals surface area contributed by atoms with E-state index in [1.807, 2.05) is 23.5 Å². The van der Waals surface area contributed by atoms with E-state index in [0.29, 0.717) is 12.8 Å². The predicted molar refractivity (Wildman–Crippen MR) is 75.1 cm³/mol. The molecule has 0 bridgehead atoms. The number of alkyl halides is 3. The number of halogens is 3. The highest BCUT2D eigenvalue weighted by Gasteiger charge is 2.39. The molecule has 4 nitrogen and oxygen atoms in total. The summed E-state index contributed by atoms with van der Waals surface area (Å²) in [4.78, 5) is 20.8. The maximum atomic E-state index is 11.8. The van der Waals surface area contributed by atoms with E-state index in [-0.39, 0.29) is 12.0 Å². The van der Waals surface area contributed by atoms with Gasteiger partial charge in [-0.3, -0.25) is 9.59 Å². The molecule has 0 aromatic heterocycles. The molecule has 7 heteroatoms. The summed E-state index contributed by atoms with van der Waals surface area (Å²) < 4.78 is 35.3. The summed E-state index contributed by atoms with van der Waals surface area (Å²) in [6, 6.07) is -0.362. The zero-order chi connectivity index (χ0) is 16.6. The molecule has 0 radical (unpaired) electrons. The standard InChI is InChI=1S/C8H10F3NO.C7H10O2/c9-8(10,11)7(13)12-6-4-2-1-3-5-6;8-7(9)6-4-2-1-3-5-6/h1-2,6H,3-5H2,(H,12,13);1-2,6H,3-5H2,(H,8,9)/t2*6-/m00/s1. The van der Waals surface area contributed by atoms with Gasteiger partial charge in [0, 0.05) is 6.04 Å². The van der Waals surface area contributed by atoms with Gasteiger partial charge in [0.15, 0.2) is 0 Å². The van der Waals surface area contributed by atoms with Gasteiger partial charge in [0.05, 0.1) is 5.92 Å². The molecule has 0 unspecified atom stereocenters. The number of carboxylic acids is 1. The third kappa shape index (κ3) is 6.78.